The number of carbonyl (C=O) groups is 2. The van der Waals surface area contributed by atoms with Gasteiger partial charge in [0.1, 0.15) is 5.82 Å². The number of hydrogen-bond donors (Lipinski definition) is 4. The third-order valence-electron chi connectivity index (χ3n) is 3.33. The van der Waals surface area contributed by atoms with E-state index in [9.17, 15) is 9.59 Å². The van der Waals surface area contributed by atoms with Crippen LogP contribution in [0.4, 0.5) is 16.3 Å². The van der Waals surface area contributed by atoms with E-state index < -0.39 is 11.9 Å². The average molecular weight is 295 g/mol. The van der Waals surface area contributed by atoms with Crippen LogP contribution in [0.2, 0.25) is 0 Å². The molecule has 0 bridgehead atoms. The molecule has 7 heteroatoms. The van der Waals surface area contributed by atoms with E-state index in [1.54, 1.807) is 0 Å². The van der Waals surface area contributed by atoms with Crippen LogP contribution < -0.4 is 16.8 Å². The fraction of sp³-hybridized carbons (Fsp3) is 0. The third-order valence-corrected chi connectivity index (χ3v) is 3.33. The summed E-state index contributed by atoms with van der Waals surface area (Å²) in [6.07, 6.45) is 0. The Morgan fingerprint density at radius 2 is 1.95 bits per heavy atom. The highest BCUT2D eigenvalue weighted by Gasteiger charge is 2.24. The van der Waals surface area contributed by atoms with Crippen molar-refractivity contribution in [3.8, 4) is 0 Å². The summed E-state index contributed by atoms with van der Waals surface area (Å²) in [6.45, 7) is 4.02. The van der Waals surface area contributed by atoms with Gasteiger partial charge in [-0.15, -0.1) is 0 Å². The Morgan fingerprint density at radius 1 is 1.23 bits per heavy atom. The van der Waals surface area contributed by atoms with Gasteiger partial charge >= 0.3 is 6.03 Å². The first-order valence-electron chi connectivity index (χ1n) is 6.44. The van der Waals surface area contributed by atoms with E-state index in [0.29, 0.717) is 11.4 Å². The quantitative estimate of drug-likeness (QED) is 0.688. The van der Waals surface area contributed by atoms with Crippen LogP contribution in [0.15, 0.2) is 41.9 Å². The second-order valence-corrected chi connectivity index (χ2v) is 4.78. The Bertz CT molecular complexity index is 847. The number of primary amides is 2. The van der Waals surface area contributed by atoms with Gasteiger partial charge in [0.25, 0.3) is 5.91 Å². The van der Waals surface area contributed by atoms with Gasteiger partial charge in [0.2, 0.25) is 0 Å². The molecule has 1 aliphatic rings. The normalized spacial score (nSPS) is 12.7. The first-order chi connectivity index (χ1) is 10.5. The van der Waals surface area contributed by atoms with Gasteiger partial charge in [0.05, 0.1) is 22.7 Å². The number of carbonyl (C=O) groups excluding carboxylic acids is 2. The Morgan fingerprint density at radius 3 is 2.59 bits per heavy atom. The Hall–Kier alpha value is -3.35. The summed E-state index contributed by atoms with van der Waals surface area (Å²) in [5, 5.41) is 2.33. The van der Waals surface area contributed by atoms with Crippen molar-refractivity contribution in [2.45, 2.75) is 0 Å². The molecule has 1 aromatic heterocycles. The van der Waals surface area contributed by atoms with Crippen molar-refractivity contribution in [2.24, 2.45) is 16.5 Å². The van der Waals surface area contributed by atoms with Crippen LogP contribution in [0, 0.1) is 0 Å². The predicted octanol–water partition coefficient (Wildman–Crippen LogP) is 1.75. The number of aliphatic imine (C=N–C) groups is 1. The number of fused-ring (bicyclic) bond motifs is 1. The molecule has 6 N–H and O–H groups in total. The van der Waals surface area contributed by atoms with Gasteiger partial charge in [-0.25, -0.2) is 9.79 Å². The Labute approximate surface area is 125 Å². The van der Waals surface area contributed by atoms with Crippen LogP contribution in [0.25, 0.3) is 5.57 Å². The smallest absolute Gasteiger partial charge is 0.317 e. The molecule has 2 heterocycles. The molecule has 7 nitrogen and oxygen atoms in total. The molecular weight excluding hydrogens is 282 g/mol. The zero-order valence-corrected chi connectivity index (χ0v) is 11.5. The van der Waals surface area contributed by atoms with Crippen LogP contribution in [0.1, 0.15) is 21.6 Å². The number of anilines is 1. The van der Waals surface area contributed by atoms with Gasteiger partial charge in [0.15, 0.2) is 0 Å². The lowest BCUT2D eigenvalue weighted by atomic mass is 10.0. The molecule has 1 aromatic carbocycles. The first kappa shape index (κ1) is 13.6. The molecule has 0 saturated carbocycles. The number of aromatic amines is 1. The molecule has 3 rings (SSSR count). The summed E-state index contributed by atoms with van der Waals surface area (Å²) in [5.74, 6) is -0.547. The standard InChI is InChI=1S/C15H13N5O2/c1-7-8-4-2-3-5-10(8)18-12(7)11-6-9(13(16)21)14(19-11)20-15(17)22/h2-6,19H,1H2,(H2,16,21)(H3,17,20,22). The molecule has 0 atom stereocenters. The average Bonchev–Trinajstić information content (AvgIpc) is 3.01. The van der Waals surface area contributed by atoms with Crippen LogP contribution >= 0.6 is 0 Å². The van der Waals surface area contributed by atoms with Crippen molar-refractivity contribution < 1.29 is 9.59 Å². The number of aromatic nitrogens is 1. The maximum Gasteiger partial charge on any atom is 0.317 e. The van der Waals surface area contributed by atoms with Crippen LogP contribution in [-0.2, 0) is 0 Å². The fourth-order valence-electron chi connectivity index (χ4n) is 2.36. The highest BCUT2D eigenvalue weighted by atomic mass is 16.2. The SMILES string of the molecule is C=C1C(c2cc(C(N)=O)c(NC(N)=O)[nH]2)=Nc2ccccc21. The van der Waals surface area contributed by atoms with Gasteiger partial charge in [-0.05, 0) is 12.1 Å². The number of para-hydroxylation sites is 1. The molecule has 0 radical (unpaired) electrons. The zero-order valence-electron chi connectivity index (χ0n) is 11.5. The van der Waals surface area contributed by atoms with Crippen LogP contribution in [0.3, 0.4) is 0 Å². The van der Waals surface area contributed by atoms with E-state index in [2.05, 4.69) is 21.9 Å². The van der Waals surface area contributed by atoms with Crippen molar-refractivity contribution in [1.82, 2.24) is 4.98 Å². The van der Waals surface area contributed by atoms with Crippen molar-refractivity contribution >= 4 is 34.7 Å². The monoisotopic (exact) mass is 295 g/mol. The van der Waals surface area contributed by atoms with Crippen LogP contribution in [0.5, 0.6) is 0 Å². The van der Waals surface area contributed by atoms with E-state index in [1.165, 1.54) is 6.07 Å². The summed E-state index contributed by atoms with van der Waals surface area (Å²) in [5.41, 5.74) is 14.1. The highest BCUT2D eigenvalue weighted by molar-refractivity contribution is 6.35. The van der Waals surface area contributed by atoms with E-state index in [0.717, 1.165) is 16.8 Å². The molecule has 0 saturated heterocycles. The third kappa shape index (κ3) is 2.14. The van der Waals surface area contributed by atoms with Gasteiger partial charge in [-0.3, -0.25) is 10.1 Å². The van der Waals surface area contributed by atoms with Crippen LogP contribution in [-0.4, -0.2) is 22.6 Å². The number of rotatable bonds is 3. The Balaban J connectivity index is 2.06. The number of amides is 3. The summed E-state index contributed by atoms with van der Waals surface area (Å²) in [7, 11) is 0. The van der Waals surface area contributed by atoms with E-state index in [4.69, 9.17) is 11.5 Å². The molecule has 0 spiro atoms. The van der Waals surface area contributed by atoms with Crippen molar-refractivity contribution in [1.29, 1.82) is 0 Å². The summed E-state index contributed by atoms with van der Waals surface area (Å²) < 4.78 is 0. The van der Waals surface area contributed by atoms with E-state index in [-0.39, 0.29) is 11.4 Å². The van der Waals surface area contributed by atoms with Crippen molar-refractivity contribution in [3.05, 3.63) is 53.7 Å². The highest BCUT2D eigenvalue weighted by Crippen LogP contribution is 2.36. The molecule has 0 fully saturated rings. The van der Waals surface area contributed by atoms with Gasteiger partial charge in [-0.1, -0.05) is 24.8 Å². The molecule has 3 amide bonds. The predicted molar refractivity (Wildman–Crippen MR) is 84.2 cm³/mol. The lowest BCUT2D eigenvalue weighted by molar-refractivity contribution is 0.100. The molecule has 0 aliphatic carbocycles. The lowest BCUT2D eigenvalue weighted by Crippen LogP contribution is -2.22. The minimum Gasteiger partial charge on any atom is -0.365 e. The number of nitrogens with two attached hydrogens (primary N) is 2. The van der Waals surface area contributed by atoms with Crippen molar-refractivity contribution in [3.63, 3.8) is 0 Å². The molecule has 1 aliphatic heterocycles. The largest absolute Gasteiger partial charge is 0.365 e. The molecule has 0 unspecified atom stereocenters. The lowest BCUT2D eigenvalue weighted by Gasteiger charge is -2.01. The van der Waals surface area contributed by atoms with Gasteiger partial charge < -0.3 is 16.5 Å². The molecular formula is C15H13N5O2. The minimum absolute atomic E-state index is 0.125. The number of allylic oxidation sites excluding steroid dienone is 1. The fourth-order valence-corrected chi connectivity index (χ4v) is 2.36. The van der Waals surface area contributed by atoms with E-state index >= 15 is 0 Å². The number of H-pyrrole nitrogens is 1. The maximum atomic E-state index is 11.5. The maximum absolute atomic E-state index is 11.5. The number of hydrogen-bond acceptors (Lipinski definition) is 3. The summed E-state index contributed by atoms with van der Waals surface area (Å²) >= 11 is 0. The number of urea groups is 1. The first-order valence-corrected chi connectivity index (χ1v) is 6.44. The topological polar surface area (TPSA) is 126 Å². The number of nitrogens with zero attached hydrogens (tertiary/aromatic N) is 1. The van der Waals surface area contributed by atoms with Crippen molar-refractivity contribution in [2.75, 3.05) is 5.32 Å². The summed E-state index contributed by atoms with van der Waals surface area (Å²) in [4.78, 5) is 29.9. The summed E-state index contributed by atoms with van der Waals surface area (Å²) in [6, 6.07) is 8.27. The molecule has 22 heavy (non-hydrogen) atoms. The molecule has 2 aromatic rings. The van der Waals surface area contributed by atoms with Gasteiger partial charge in [-0.2, -0.15) is 0 Å². The second-order valence-electron chi connectivity index (χ2n) is 4.78. The van der Waals surface area contributed by atoms with E-state index in [1.807, 2.05) is 24.3 Å². The Kier molecular flexibility index (Phi) is 3.03. The minimum atomic E-state index is -0.800. The number of benzene rings is 1. The number of nitrogens with one attached hydrogen (secondary N) is 2. The molecule has 110 valence electrons. The second kappa shape index (κ2) is 4.88. The zero-order chi connectivity index (χ0) is 15.9. The van der Waals surface area contributed by atoms with Gasteiger partial charge in [0, 0.05) is 11.1 Å².